The van der Waals surface area contributed by atoms with Crippen LogP contribution >= 0.6 is 0 Å². The van der Waals surface area contributed by atoms with E-state index < -0.39 is 0 Å². The molecule has 0 unspecified atom stereocenters. The van der Waals surface area contributed by atoms with Crippen LogP contribution < -0.4 is 4.90 Å². The first-order valence-electron chi connectivity index (χ1n) is 11.8. The number of nitrogens with zero attached hydrogens (tertiary/aromatic N) is 4. The van der Waals surface area contributed by atoms with E-state index in [2.05, 4.69) is 75.9 Å². The second-order valence-electron chi connectivity index (χ2n) is 8.46. The first kappa shape index (κ1) is 22.2. The molecule has 0 N–H and O–H groups in total. The molecule has 0 aliphatic carbocycles. The van der Waals surface area contributed by atoms with Gasteiger partial charge >= 0.3 is 0 Å². The molecule has 3 aromatic carbocycles. The molecule has 1 aliphatic rings. The molecule has 2 heterocycles. The van der Waals surface area contributed by atoms with Crippen molar-refractivity contribution in [3.05, 3.63) is 121 Å². The molecule has 0 amide bonds. The Hall–Kier alpha value is -4.56. The van der Waals surface area contributed by atoms with Crippen LogP contribution in [0.1, 0.15) is 17.5 Å². The Bertz CT molecular complexity index is 1420. The highest BCUT2D eigenvalue weighted by Crippen LogP contribution is 2.28. The second-order valence-corrected chi connectivity index (χ2v) is 8.46. The van der Waals surface area contributed by atoms with E-state index in [9.17, 15) is 5.26 Å². The first-order valence-corrected chi connectivity index (χ1v) is 11.8. The number of fused-ring (bicyclic) bond motifs is 1. The Morgan fingerprint density at radius 2 is 1.69 bits per heavy atom. The van der Waals surface area contributed by atoms with E-state index in [1.165, 1.54) is 16.3 Å². The zero-order chi connectivity index (χ0) is 23.9. The van der Waals surface area contributed by atoms with E-state index in [0.29, 0.717) is 12.1 Å². The van der Waals surface area contributed by atoms with Crippen molar-refractivity contribution in [1.82, 2.24) is 10.1 Å². The standard InChI is InChI=1S/C30H26N4O/c31-22-24-10-7-13-26(20-24)29-21-30(35-32-29)34(19-9-18-33-16-5-1-2-6-17-33)23-27-14-8-12-25-11-3-4-15-28(25)27/h1-8,10-17,20-21H,9,18-19,23H2. The minimum absolute atomic E-state index is 0.604. The van der Waals surface area contributed by atoms with Crippen molar-refractivity contribution >= 4 is 16.7 Å². The maximum absolute atomic E-state index is 9.26. The molecule has 5 heteroatoms. The largest absolute Gasteiger partial charge is 0.354 e. The highest BCUT2D eigenvalue weighted by molar-refractivity contribution is 5.85. The summed E-state index contributed by atoms with van der Waals surface area (Å²) in [6, 6.07) is 26.5. The average Bonchev–Trinajstić information content (AvgIpc) is 3.26. The SMILES string of the molecule is N#Cc1cccc(-c2cc(N(CCCN3C=CC=CC=C3)Cc3cccc4ccccc34)on2)c1. The molecule has 1 aliphatic heterocycles. The molecule has 0 saturated carbocycles. The molecule has 5 nitrogen and oxygen atoms in total. The molecule has 4 aromatic rings. The predicted octanol–water partition coefficient (Wildman–Crippen LogP) is 6.66. The number of benzene rings is 3. The summed E-state index contributed by atoms with van der Waals surface area (Å²) in [4.78, 5) is 4.44. The smallest absolute Gasteiger partial charge is 0.228 e. The van der Waals surface area contributed by atoms with Crippen LogP contribution in [0.3, 0.4) is 0 Å². The van der Waals surface area contributed by atoms with Crippen molar-refractivity contribution in [2.45, 2.75) is 13.0 Å². The van der Waals surface area contributed by atoms with Gasteiger partial charge in [-0.2, -0.15) is 5.26 Å². The topological polar surface area (TPSA) is 56.3 Å². The molecule has 1 aromatic heterocycles. The number of hydrogen-bond acceptors (Lipinski definition) is 5. The molecule has 0 fully saturated rings. The fourth-order valence-electron chi connectivity index (χ4n) is 4.29. The summed E-state index contributed by atoms with van der Waals surface area (Å²) in [6.07, 6.45) is 13.3. The van der Waals surface area contributed by atoms with Gasteiger partial charge in [-0.3, -0.25) is 0 Å². The van der Waals surface area contributed by atoms with Gasteiger partial charge in [0.1, 0.15) is 5.69 Å². The van der Waals surface area contributed by atoms with Crippen LogP contribution in [0.2, 0.25) is 0 Å². The van der Waals surface area contributed by atoms with Crippen LogP contribution in [0.4, 0.5) is 5.88 Å². The molecule has 0 spiro atoms. The number of aromatic nitrogens is 1. The summed E-state index contributed by atoms with van der Waals surface area (Å²) in [5, 5.41) is 16.1. The van der Waals surface area contributed by atoms with Crippen LogP contribution in [0.15, 0.2) is 114 Å². The van der Waals surface area contributed by atoms with Gasteiger partial charge in [-0.25, -0.2) is 0 Å². The van der Waals surface area contributed by atoms with Crippen molar-refractivity contribution in [3.63, 3.8) is 0 Å². The zero-order valence-electron chi connectivity index (χ0n) is 19.4. The van der Waals surface area contributed by atoms with Crippen LogP contribution in [-0.2, 0) is 6.54 Å². The van der Waals surface area contributed by atoms with Crippen LogP contribution in [-0.4, -0.2) is 23.1 Å². The van der Waals surface area contributed by atoms with E-state index >= 15 is 0 Å². The average molecular weight is 459 g/mol. The van der Waals surface area contributed by atoms with Gasteiger partial charge in [0.05, 0.1) is 11.6 Å². The third kappa shape index (κ3) is 5.34. The van der Waals surface area contributed by atoms with Gasteiger partial charge in [-0.15, -0.1) is 0 Å². The molecule has 0 atom stereocenters. The highest BCUT2D eigenvalue weighted by atomic mass is 16.5. The molecule has 0 saturated heterocycles. The number of hydrogen-bond donors (Lipinski definition) is 0. The lowest BCUT2D eigenvalue weighted by molar-refractivity contribution is 0.411. The second kappa shape index (κ2) is 10.6. The summed E-state index contributed by atoms with van der Waals surface area (Å²) in [5.41, 5.74) is 3.44. The Morgan fingerprint density at radius 1 is 0.886 bits per heavy atom. The monoisotopic (exact) mass is 458 g/mol. The van der Waals surface area contributed by atoms with Crippen LogP contribution in [0.25, 0.3) is 22.0 Å². The number of rotatable bonds is 8. The zero-order valence-corrected chi connectivity index (χ0v) is 19.4. The van der Waals surface area contributed by atoms with E-state index in [-0.39, 0.29) is 0 Å². The van der Waals surface area contributed by atoms with E-state index in [1.54, 1.807) is 6.07 Å². The summed E-state index contributed by atoms with van der Waals surface area (Å²) in [7, 11) is 0. The van der Waals surface area contributed by atoms with Crippen molar-refractivity contribution in [2.75, 3.05) is 18.0 Å². The fourth-order valence-corrected chi connectivity index (χ4v) is 4.29. The first-order chi connectivity index (χ1) is 17.3. The fraction of sp³-hybridized carbons (Fsp3) is 0.133. The van der Waals surface area contributed by atoms with Gasteiger partial charge in [-0.05, 0) is 47.0 Å². The van der Waals surface area contributed by atoms with Gasteiger partial charge < -0.3 is 14.3 Å². The maximum Gasteiger partial charge on any atom is 0.228 e. The molecular formula is C30H26N4O. The maximum atomic E-state index is 9.26. The van der Waals surface area contributed by atoms with Gasteiger partial charge in [0.2, 0.25) is 5.88 Å². The number of allylic oxidation sites excluding steroid dienone is 4. The number of nitriles is 1. The molecule has 35 heavy (non-hydrogen) atoms. The van der Waals surface area contributed by atoms with Crippen molar-refractivity contribution in [2.24, 2.45) is 0 Å². The van der Waals surface area contributed by atoms with E-state index in [0.717, 1.165) is 36.7 Å². The Labute approximate surface area is 205 Å². The summed E-state index contributed by atoms with van der Waals surface area (Å²) in [5.74, 6) is 0.721. The van der Waals surface area contributed by atoms with Crippen molar-refractivity contribution < 1.29 is 4.52 Å². The van der Waals surface area contributed by atoms with Gasteiger partial charge in [-0.1, -0.05) is 71.9 Å². The lowest BCUT2D eigenvalue weighted by Crippen LogP contribution is -2.26. The molecular weight excluding hydrogens is 432 g/mol. The summed E-state index contributed by atoms with van der Waals surface area (Å²) in [6.45, 7) is 2.41. The normalized spacial score (nSPS) is 12.6. The van der Waals surface area contributed by atoms with Crippen LogP contribution in [0, 0.1) is 11.3 Å². The summed E-state index contributed by atoms with van der Waals surface area (Å²) >= 11 is 0. The molecule has 172 valence electrons. The molecule has 5 rings (SSSR count). The minimum atomic E-state index is 0.604. The third-order valence-electron chi connectivity index (χ3n) is 6.07. The molecule has 0 bridgehead atoms. The van der Waals surface area contributed by atoms with Gasteiger partial charge in [0.25, 0.3) is 0 Å². The lowest BCUT2D eigenvalue weighted by Gasteiger charge is -2.24. The Kier molecular flexibility index (Phi) is 6.72. The summed E-state index contributed by atoms with van der Waals surface area (Å²) < 4.78 is 5.84. The van der Waals surface area contributed by atoms with Crippen molar-refractivity contribution in [3.8, 4) is 17.3 Å². The van der Waals surface area contributed by atoms with E-state index in [4.69, 9.17) is 4.52 Å². The highest BCUT2D eigenvalue weighted by Gasteiger charge is 2.16. The number of anilines is 1. The molecule has 0 radical (unpaired) electrons. The Balaban J connectivity index is 1.40. The van der Waals surface area contributed by atoms with Crippen molar-refractivity contribution in [1.29, 1.82) is 5.26 Å². The quantitative estimate of drug-likeness (QED) is 0.295. The Morgan fingerprint density at radius 3 is 2.54 bits per heavy atom. The van der Waals surface area contributed by atoms with Crippen LogP contribution in [0.5, 0.6) is 0 Å². The van der Waals surface area contributed by atoms with E-state index in [1.807, 2.05) is 48.6 Å². The third-order valence-corrected chi connectivity index (χ3v) is 6.07. The van der Waals surface area contributed by atoms with Gasteiger partial charge in [0.15, 0.2) is 0 Å². The minimum Gasteiger partial charge on any atom is -0.354 e. The van der Waals surface area contributed by atoms with Gasteiger partial charge in [0, 0.05) is 43.7 Å². The predicted molar refractivity (Wildman–Crippen MR) is 140 cm³/mol. The lowest BCUT2D eigenvalue weighted by atomic mass is 10.0.